The minimum Gasteiger partial charge on any atom is -0.496 e. The molecule has 96 valence electrons. The molecule has 2 rings (SSSR count). The fourth-order valence-corrected chi connectivity index (χ4v) is 2.96. The number of benzene rings is 1. The average molecular weight is 327 g/mol. The molecule has 0 aliphatic rings. The molecule has 18 heavy (non-hydrogen) atoms. The minimum atomic E-state index is 0.473. The number of halogens is 1. The van der Waals surface area contributed by atoms with Crippen LogP contribution in [0.25, 0.3) is 10.6 Å². The van der Waals surface area contributed by atoms with Crippen LogP contribution in [0.15, 0.2) is 22.0 Å². The van der Waals surface area contributed by atoms with Gasteiger partial charge in [0.05, 0.1) is 12.7 Å². The van der Waals surface area contributed by atoms with Crippen molar-refractivity contribution in [3.63, 3.8) is 0 Å². The number of methoxy groups -OCH3 is 1. The Kier molecular flexibility index (Phi) is 3.92. The van der Waals surface area contributed by atoms with E-state index in [0.29, 0.717) is 11.7 Å². The van der Waals surface area contributed by atoms with Crippen molar-refractivity contribution < 1.29 is 4.74 Å². The van der Waals surface area contributed by atoms with E-state index in [1.165, 1.54) is 16.9 Å². The van der Waals surface area contributed by atoms with Crippen molar-refractivity contribution in [3.8, 4) is 16.3 Å². The number of aromatic nitrogens is 1. The molecule has 2 aromatic rings. The van der Waals surface area contributed by atoms with Crippen LogP contribution in [0.5, 0.6) is 5.75 Å². The van der Waals surface area contributed by atoms with Crippen molar-refractivity contribution in [2.75, 3.05) is 12.8 Å². The van der Waals surface area contributed by atoms with Gasteiger partial charge in [0.2, 0.25) is 0 Å². The Morgan fingerprint density at radius 3 is 2.61 bits per heavy atom. The lowest BCUT2D eigenvalue weighted by atomic mass is 10.0. The molecule has 0 bridgehead atoms. The highest BCUT2D eigenvalue weighted by molar-refractivity contribution is 9.11. The van der Waals surface area contributed by atoms with Gasteiger partial charge >= 0.3 is 0 Å². The summed E-state index contributed by atoms with van der Waals surface area (Å²) in [7, 11) is 1.68. The molecule has 5 heteroatoms. The second-order valence-electron chi connectivity index (χ2n) is 4.29. The Bertz CT molecular complexity index is 547. The lowest BCUT2D eigenvalue weighted by Crippen LogP contribution is -1.93. The van der Waals surface area contributed by atoms with Crippen molar-refractivity contribution in [1.82, 2.24) is 4.98 Å². The highest BCUT2D eigenvalue weighted by Crippen LogP contribution is 2.38. The van der Waals surface area contributed by atoms with Crippen LogP contribution in [0, 0.1) is 0 Å². The molecule has 1 aromatic heterocycles. The van der Waals surface area contributed by atoms with Crippen LogP contribution in [0.3, 0.4) is 0 Å². The van der Waals surface area contributed by atoms with Gasteiger partial charge in [-0.2, -0.15) is 0 Å². The predicted octanol–water partition coefficient (Wildman–Crippen LogP) is 4.29. The number of nitrogens with two attached hydrogens (primary N) is 1. The second kappa shape index (κ2) is 5.28. The number of rotatable bonds is 3. The molecule has 0 radical (unpaired) electrons. The maximum Gasteiger partial charge on any atom is 0.149 e. The molecule has 0 saturated heterocycles. The van der Waals surface area contributed by atoms with Crippen LogP contribution in [-0.2, 0) is 0 Å². The highest BCUT2D eigenvalue weighted by Gasteiger charge is 2.13. The topological polar surface area (TPSA) is 48.1 Å². The normalized spacial score (nSPS) is 10.9. The van der Waals surface area contributed by atoms with Gasteiger partial charge in [0.25, 0.3) is 0 Å². The van der Waals surface area contributed by atoms with Crippen LogP contribution < -0.4 is 10.5 Å². The van der Waals surface area contributed by atoms with E-state index in [4.69, 9.17) is 10.5 Å². The lowest BCUT2D eigenvalue weighted by Gasteiger charge is -2.11. The monoisotopic (exact) mass is 326 g/mol. The van der Waals surface area contributed by atoms with Gasteiger partial charge in [-0.15, -0.1) is 11.3 Å². The molecule has 0 atom stereocenters. The van der Waals surface area contributed by atoms with Gasteiger partial charge in [0.15, 0.2) is 0 Å². The van der Waals surface area contributed by atoms with Crippen molar-refractivity contribution in [2.24, 2.45) is 0 Å². The largest absolute Gasteiger partial charge is 0.496 e. The highest BCUT2D eigenvalue weighted by atomic mass is 79.9. The van der Waals surface area contributed by atoms with Crippen LogP contribution in [0.2, 0.25) is 0 Å². The van der Waals surface area contributed by atoms with E-state index in [2.05, 4.69) is 46.9 Å². The number of nitrogen functional groups attached to an aromatic ring is 1. The SMILES string of the molecule is COc1cc(C(C)C)ccc1-c1nc(N)c(Br)s1. The van der Waals surface area contributed by atoms with Crippen LogP contribution in [0.4, 0.5) is 5.82 Å². The van der Waals surface area contributed by atoms with Crippen molar-refractivity contribution in [1.29, 1.82) is 0 Å². The molecule has 0 aliphatic heterocycles. The third-order valence-electron chi connectivity index (χ3n) is 2.73. The molecule has 0 unspecified atom stereocenters. The summed E-state index contributed by atoms with van der Waals surface area (Å²) >= 11 is 4.90. The number of anilines is 1. The Labute approximate surface area is 119 Å². The Morgan fingerprint density at radius 1 is 1.39 bits per heavy atom. The fourth-order valence-electron chi connectivity index (χ4n) is 1.67. The molecule has 1 heterocycles. The third-order valence-corrected chi connectivity index (χ3v) is 4.52. The van der Waals surface area contributed by atoms with Gasteiger partial charge in [-0.3, -0.25) is 0 Å². The minimum absolute atomic E-state index is 0.473. The first-order valence-electron chi connectivity index (χ1n) is 5.63. The van der Waals surface area contributed by atoms with Gasteiger partial charge in [-0.05, 0) is 39.5 Å². The van der Waals surface area contributed by atoms with E-state index in [1.807, 2.05) is 6.07 Å². The van der Waals surface area contributed by atoms with Crippen LogP contribution in [0.1, 0.15) is 25.3 Å². The number of nitrogens with zero attached hydrogens (tertiary/aromatic N) is 1. The molecule has 2 N–H and O–H groups in total. The molecular weight excluding hydrogens is 312 g/mol. The van der Waals surface area contributed by atoms with Gasteiger partial charge in [0.1, 0.15) is 20.4 Å². The smallest absolute Gasteiger partial charge is 0.149 e. The zero-order valence-electron chi connectivity index (χ0n) is 10.5. The summed E-state index contributed by atoms with van der Waals surface area (Å²) in [6, 6.07) is 6.21. The average Bonchev–Trinajstić information content (AvgIpc) is 2.68. The van der Waals surface area contributed by atoms with Gasteiger partial charge in [-0.1, -0.05) is 19.9 Å². The summed E-state index contributed by atoms with van der Waals surface area (Å²) in [5.74, 6) is 1.83. The zero-order chi connectivity index (χ0) is 13.3. The predicted molar refractivity (Wildman–Crippen MR) is 80.3 cm³/mol. The number of ether oxygens (including phenoxy) is 1. The second-order valence-corrected chi connectivity index (χ2v) is 6.61. The van der Waals surface area contributed by atoms with Crippen molar-refractivity contribution in [2.45, 2.75) is 19.8 Å². The first-order chi connectivity index (χ1) is 8.52. The molecule has 0 aliphatic carbocycles. The van der Waals surface area contributed by atoms with Crippen molar-refractivity contribution in [3.05, 3.63) is 27.5 Å². The number of hydrogen-bond donors (Lipinski definition) is 1. The Morgan fingerprint density at radius 2 is 2.11 bits per heavy atom. The summed E-state index contributed by atoms with van der Waals surface area (Å²) in [5.41, 5.74) is 7.98. The van der Waals surface area contributed by atoms with Crippen molar-refractivity contribution >= 4 is 33.1 Å². The quantitative estimate of drug-likeness (QED) is 0.915. The molecule has 0 fully saturated rings. The van der Waals surface area contributed by atoms with Crippen LogP contribution >= 0.6 is 27.3 Å². The summed E-state index contributed by atoms with van der Waals surface area (Å²) in [6.07, 6.45) is 0. The van der Waals surface area contributed by atoms with Crippen LogP contribution in [-0.4, -0.2) is 12.1 Å². The molecule has 0 saturated carbocycles. The molecule has 0 amide bonds. The van der Waals surface area contributed by atoms with E-state index in [0.717, 1.165) is 20.1 Å². The number of thiazole rings is 1. The molecule has 0 spiro atoms. The first kappa shape index (κ1) is 13.4. The lowest BCUT2D eigenvalue weighted by molar-refractivity contribution is 0.415. The summed E-state index contributed by atoms with van der Waals surface area (Å²) in [5, 5.41) is 0.867. The summed E-state index contributed by atoms with van der Waals surface area (Å²) in [6.45, 7) is 4.32. The maximum atomic E-state index is 5.76. The zero-order valence-corrected chi connectivity index (χ0v) is 12.9. The van der Waals surface area contributed by atoms with E-state index in [-0.39, 0.29) is 0 Å². The summed E-state index contributed by atoms with van der Waals surface area (Å²) in [4.78, 5) is 4.33. The molecular formula is C13H15BrN2OS. The summed E-state index contributed by atoms with van der Waals surface area (Å²) < 4.78 is 6.30. The fraction of sp³-hybridized carbons (Fsp3) is 0.308. The molecule has 3 nitrogen and oxygen atoms in total. The first-order valence-corrected chi connectivity index (χ1v) is 7.24. The Hall–Kier alpha value is -1.07. The van der Waals surface area contributed by atoms with E-state index < -0.39 is 0 Å². The van der Waals surface area contributed by atoms with Gasteiger partial charge in [-0.25, -0.2) is 4.98 Å². The van der Waals surface area contributed by atoms with E-state index >= 15 is 0 Å². The van der Waals surface area contributed by atoms with Gasteiger partial charge < -0.3 is 10.5 Å². The van der Waals surface area contributed by atoms with E-state index in [9.17, 15) is 0 Å². The van der Waals surface area contributed by atoms with E-state index in [1.54, 1.807) is 7.11 Å². The number of hydrogen-bond acceptors (Lipinski definition) is 4. The standard InChI is InChI=1S/C13H15BrN2OS/c1-7(2)8-4-5-9(10(6-8)17-3)13-16-12(15)11(14)18-13/h4-7H,15H2,1-3H3. The maximum absolute atomic E-state index is 5.76. The third kappa shape index (κ3) is 2.52. The van der Waals surface area contributed by atoms with Gasteiger partial charge in [0, 0.05) is 0 Å². The molecule has 1 aromatic carbocycles. The Balaban J connectivity index is 2.50.